The Morgan fingerprint density at radius 1 is 1.04 bits per heavy atom. The van der Waals surface area contributed by atoms with Crippen LogP contribution in [0.1, 0.15) is 23.1 Å². The first-order valence-electron chi connectivity index (χ1n) is 8.55. The van der Waals surface area contributed by atoms with Gasteiger partial charge in [0.2, 0.25) is 0 Å². The van der Waals surface area contributed by atoms with Crippen molar-refractivity contribution in [2.75, 3.05) is 20.6 Å². The van der Waals surface area contributed by atoms with Gasteiger partial charge in [0.25, 0.3) is 0 Å². The Labute approximate surface area is 144 Å². The van der Waals surface area contributed by atoms with Crippen molar-refractivity contribution in [1.82, 2.24) is 9.88 Å². The number of benzene rings is 2. The summed E-state index contributed by atoms with van der Waals surface area (Å²) < 4.78 is 5.98. The number of hydrogen-bond donors (Lipinski definition) is 1. The molecule has 0 saturated heterocycles. The van der Waals surface area contributed by atoms with Crippen LogP contribution in [0.3, 0.4) is 0 Å². The number of nitrogens with zero attached hydrogens (tertiary/aromatic N) is 1. The SMILES string of the molecule is Cc1ccc(COc2ccc3[nH]cc(CCCN(C)C)c3c2)cc1. The molecule has 0 fully saturated rings. The zero-order valence-electron chi connectivity index (χ0n) is 14.8. The molecule has 0 aliphatic rings. The molecule has 2 aromatic carbocycles. The van der Waals surface area contributed by atoms with Gasteiger partial charge in [0.15, 0.2) is 0 Å². The molecule has 0 amide bonds. The van der Waals surface area contributed by atoms with Crippen molar-refractivity contribution in [3.63, 3.8) is 0 Å². The van der Waals surface area contributed by atoms with Gasteiger partial charge in [-0.15, -0.1) is 0 Å². The smallest absolute Gasteiger partial charge is 0.120 e. The average Bonchev–Trinajstić information content (AvgIpc) is 2.96. The molecule has 3 aromatic rings. The fourth-order valence-corrected chi connectivity index (χ4v) is 2.89. The van der Waals surface area contributed by atoms with Crippen LogP contribution in [-0.2, 0) is 13.0 Å². The number of aromatic nitrogens is 1. The molecule has 3 nitrogen and oxygen atoms in total. The highest BCUT2D eigenvalue weighted by molar-refractivity contribution is 5.84. The van der Waals surface area contributed by atoms with E-state index in [-0.39, 0.29) is 0 Å². The van der Waals surface area contributed by atoms with Gasteiger partial charge in [0.1, 0.15) is 12.4 Å². The van der Waals surface area contributed by atoms with E-state index < -0.39 is 0 Å². The third-order valence-corrected chi connectivity index (χ3v) is 4.32. The van der Waals surface area contributed by atoms with E-state index in [9.17, 15) is 0 Å². The first kappa shape index (κ1) is 16.6. The predicted octanol–water partition coefficient (Wildman–Crippen LogP) is 4.55. The normalized spacial score (nSPS) is 11.3. The van der Waals surface area contributed by atoms with Crippen molar-refractivity contribution in [3.8, 4) is 5.75 Å². The highest BCUT2D eigenvalue weighted by Crippen LogP contribution is 2.25. The zero-order chi connectivity index (χ0) is 16.9. The lowest BCUT2D eigenvalue weighted by Gasteiger charge is -2.09. The van der Waals surface area contributed by atoms with Gasteiger partial charge < -0.3 is 14.6 Å². The Kier molecular flexibility index (Phi) is 5.21. The molecule has 1 aromatic heterocycles. The fraction of sp³-hybridized carbons (Fsp3) is 0.333. The Hall–Kier alpha value is -2.26. The zero-order valence-corrected chi connectivity index (χ0v) is 14.8. The number of hydrogen-bond acceptors (Lipinski definition) is 2. The number of rotatable bonds is 7. The van der Waals surface area contributed by atoms with Crippen LogP contribution in [-0.4, -0.2) is 30.5 Å². The molecule has 3 rings (SSSR count). The van der Waals surface area contributed by atoms with E-state index in [4.69, 9.17) is 4.74 Å². The summed E-state index contributed by atoms with van der Waals surface area (Å²) in [6, 6.07) is 14.8. The van der Waals surface area contributed by atoms with E-state index in [1.54, 1.807) is 0 Å². The molecule has 3 heteroatoms. The molecule has 0 spiro atoms. The summed E-state index contributed by atoms with van der Waals surface area (Å²) in [5, 5.41) is 1.27. The summed E-state index contributed by atoms with van der Waals surface area (Å²) in [6.45, 7) is 3.81. The molecule has 1 heterocycles. The summed E-state index contributed by atoms with van der Waals surface area (Å²) >= 11 is 0. The maximum absolute atomic E-state index is 5.98. The standard InChI is InChI=1S/C21H26N2O/c1-16-6-8-17(9-7-16)15-24-19-10-11-21-20(13-19)18(14-22-21)5-4-12-23(2)3/h6-11,13-14,22H,4-5,12,15H2,1-3H3. The topological polar surface area (TPSA) is 28.3 Å². The molecule has 1 N–H and O–H groups in total. The second-order valence-corrected chi connectivity index (χ2v) is 6.70. The second kappa shape index (κ2) is 7.54. The minimum atomic E-state index is 0.603. The number of fused-ring (bicyclic) bond motifs is 1. The van der Waals surface area contributed by atoms with Crippen LogP contribution >= 0.6 is 0 Å². The van der Waals surface area contributed by atoms with Gasteiger partial charge in [0.05, 0.1) is 0 Å². The predicted molar refractivity (Wildman–Crippen MR) is 101 cm³/mol. The number of H-pyrrole nitrogens is 1. The van der Waals surface area contributed by atoms with E-state index in [1.807, 2.05) is 6.07 Å². The molecule has 0 aliphatic heterocycles. The first-order valence-corrected chi connectivity index (χ1v) is 8.55. The number of ether oxygens (including phenoxy) is 1. The van der Waals surface area contributed by atoms with Crippen LogP contribution in [0.25, 0.3) is 10.9 Å². The minimum Gasteiger partial charge on any atom is -0.489 e. The van der Waals surface area contributed by atoms with E-state index in [1.165, 1.54) is 27.6 Å². The van der Waals surface area contributed by atoms with Crippen LogP contribution in [0.4, 0.5) is 0 Å². The van der Waals surface area contributed by atoms with Crippen LogP contribution in [0, 0.1) is 6.92 Å². The number of aryl methyl sites for hydroxylation is 2. The van der Waals surface area contributed by atoms with E-state index >= 15 is 0 Å². The van der Waals surface area contributed by atoms with Gasteiger partial charge in [-0.1, -0.05) is 29.8 Å². The van der Waals surface area contributed by atoms with Crippen molar-refractivity contribution in [3.05, 3.63) is 65.4 Å². The minimum absolute atomic E-state index is 0.603. The van der Waals surface area contributed by atoms with E-state index in [0.29, 0.717) is 6.61 Å². The molecule has 0 atom stereocenters. The Morgan fingerprint density at radius 3 is 2.58 bits per heavy atom. The third-order valence-electron chi connectivity index (χ3n) is 4.32. The van der Waals surface area contributed by atoms with E-state index in [2.05, 4.69) is 73.5 Å². The molecular weight excluding hydrogens is 296 g/mol. The monoisotopic (exact) mass is 322 g/mol. The summed E-state index contributed by atoms with van der Waals surface area (Å²) in [6.07, 6.45) is 4.37. The highest BCUT2D eigenvalue weighted by atomic mass is 16.5. The Balaban J connectivity index is 1.68. The van der Waals surface area contributed by atoms with Crippen LogP contribution < -0.4 is 4.74 Å². The molecular formula is C21H26N2O. The first-order chi connectivity index (χ1) is 11.6. The lowest BCUT2D eigenvalue weighted by molar-refractivity contribution is 0.306. The number of aromatic amines is 1. The van der Waals surface area contributed by atoms with Crippen molar-refractivity contribution >= 4 is 10.9 Å². The molecule has 0 bridgehead atoms. The van der Waals surface area contributed by atoms with Crippen molar-refractivity contribution < 1.29 is 4.74 Å². The van der Waals surface area contributed by atoms with Crippen molar-refractivity contribution in [2.45, 2.75) is 26.4 Å². The molecule has 0 radical (unpaired) electrons. The summed E-state index contributed by atoms with van der Waals surface area (Å²) in [4.78, 5) is 5.59. The van der Waals surface area contributed by atoms with Crippen LogP contribution in [0.2, 0.25) is 0 Å². The van der Waals surface area contributed by atoms with Gasteiger partial charge in [-0.3, -0.25) is 0 Å². The largest absolute Gasteiger partial charge is 0.489 e. The maximum Gasteiger partial charge on any atom is 0.120 e. The van der Waals surface area contributed by atoms with Gasteiger partial charge in [-0.05, 0) is 69.7 Å². The van der Waals surface area contributed by atoms with Gasteiger partial charge in [-0.25, -0.2) is 0 Å². The Bertz CT molecular complexity index is 787. The molecule has 0 aliphatic carbocycles. The molecule has 24 heavy (non-hydrogen) atoms. The van der Waals surface area contributed by atoms with Crippen molar-refractivity contribution in [2.24, 2.45) is 0 Å². The number of nitrogens with one attached hydrogen (secondary N) is 1. The van der Waals surface area contributed by atoms with Gasteiger partial charge in [0, 0.05) is 17.1 Å². The van der Waals surface area contributed by atoms with E-state index in [0.717, 1.165) is 25.1 Å². The van der Waals surface area contributed by atoms with Crippen LogP contribution in [0.15, 0.2) is 48.7 Å². The molecule has 0 saturated carbocycles. The Morgan fingerprint density at radius 2 is 1.83 bits per heavy atom. The lowest BCUT2D eigenvalue weighted by Crippen LogP contribution is -2.13. The fourth-order valence-electron chi connectivity index (χ4n) is 2.89. The second-order valence-electron chi connectivity index (χ2n) is 6.70. The lowest BCUT2D eigenvalue weighted by atomic mass is 10.1. The highest BCUT2D eigenvalue weighted by Gasteiger charge is 2.06. The maximum atomic E-state index is 5.98. The average molecular weight is 322 g/mol. The van der Waals surface area contributed by atoms with Gasteiger partial charge in [-0.2, -0.15) is 0 Å². The van der Waals surface area contributed by atoms with Crippen LogP contribution in [0.5, 0.6) is 5.75 Å². The summed E-state index contributed by atoms with van der Waals surface area (Å²) in [5.74, 6) is 0.927. The van der Waals surface area contributed by atoms with Crippen molar-refractivity contribution in [1.29, 1.82) is 0 Å². The summed E-state index contributed by atoms with van der Waals surface area (Å²) in [7, 11) is 4.23. The quantitative estimate of drug-likeness (QED) is 0.691. The van der Waals surface area contributed by atoms with Gasteiger partial charge >= 0.3 is 0 Å². The molecule has 126 valence electrons. The third kappa shape index (κ3) is 4.18. The molecule has 0 unspecified atom stereocenters. The summed E-state index contributed by atoms with van der Waals surface area (Å²) in [5.41, 5.74) is 5.01.